The topological polar surface area (TPSA) is 97.1 Å². The third-order valence-corrected chi connectivity index (χ3v) is 3.22. The molecule has 1 heterocycles. The zero-order valence-electron chi connectivity index (χ0n) is 15.6. The molecule has 9 heteroatoms. The minimum absolute atomic E-state index is 0. The molecular weight excluding hydrogens is 451 g/mol. The first-order valence-electron chi connectivity index (χ1n) is 8.69. The van der Waals surface area contributed by atoms with Gasteiger partial charge in [0, 0.05) is 33.3 Å². The van der Waals surface area contributed by atoms with Crippen molar-refractivity contribution in [1.82, 2.24) is 16.0 Å². The fourth-order valence-electron chi connectivity index (χ4n) is 1.88. The number of aliphatic imine (C=N–C) groups is 1. The van der Waals surface area contributed by atoms with Crippen LogP contribution in [0.1, 0.15) is 30.3 Å². The summed E-state index contributed by atoms with van der Waals surface area (Å²) in [6.45, 7) is 6.40. The summed E-state index contributed by atoms with van der Waals surface area (Å²) in [4.78, 5) is 15.8. The van der Waals surface area contributed by atoms with Crippen molar-refractivity contribution in [1.29, 1.82) is 0 Å². The molecule has 0 bridgehead atoms. The van der Waals surface area contributed by atoms with Gasteiger partial charge in [-0.25, -0.2) is 0 Å². The Morgan fingerprint density at radius 2 is 1.77 bits per heavy atom. The van der Waals surface area contributed by atoms with Crippen LogP contribution in [0, 0.1) is 0 Å². The van der Waals surface area contributed by atoms with E-state index in [1.807, 2.05) is 0 Å². The molecule has 3 N–H and O–H groups in total. The van der Waals surface area contributed by atoms with Crippen molar-refractivity contribution >= 4 is 35.8 Å². The van der Waals surface area contributed by atoms with Gasteiger partial charge in [0.05, 0.1) is 26.1 Å². The molecule has 26 heavy (non-hydrogen) atoms. The molecule has 1 rings (SSSR count). The van der Waals surface area contributed by atoms with Gasteiger partial charge in [0.2, 0.25) is 0 Å². The molecule has 0 spiro atoms. The standard InChI is InChI=1S/C17H30N4O4.HI/c1-3-4-10-23-13-14-24-12-9-21-17(18-2)20-8-7-19-16(22)15-6-5-11-25-15;/h5-6,11H,3-4,7-10,12-14H2,1-2H3,(H,19,22)(H2,18,20,21);1H. The minimum Gasteiger partial charge on any atom is -0.459 e. The molecule has 0 aromatic carbocycles. The maximum atomic E-state index is 11.7. The number of carbonyl (C=O) groups excluding carboxylic acids is 1. The van der Waals surface area contributed by atoms with Gasteiger partial charge in [-0.05, 0) is 18.6 Å². The summed E-state index contributed by atoms with van der Waals surface area (Å²) in [5, 5.41) is 9.00. The summed E-state index contributed by atoms with van der Waals surface area (Å²) in [6, 6.07) is 3.30. The fraction of sp³-hybridized carbons (Fsp3) is 0.647. The lowest BCUT2D eigenvalue weighted by atomic mass is 10.4. The summed E-state index contributed by atoms with van der Waals surface area (Å²) >= 11 is 0. The molecule has 1 amide bonds. The van der Waals surface area contributed by atoms with Crippen LogP contribution in [0.25, 0.3) is 0 Å². The second-order valence-corrected chi connectivity index (χ2v) is 5.24. The Labute approximate surface area is 172 Å². The number of hydrogen-bond acceptors (Lipinski definition) is 5. The molecular formula is C17H31IN4O4. The molecule has 1 aromatic heterocycles. The second kappa shape index (κ2) is 17.1. The van der Waals surface area contributed by atoms with Gasteiger partial charge in [-0.1, -0.05) is 13.3 Å². The number of carbonyl (C=O) groups is 1. The van der Waals surface area contributed by atoms with Crippen LogP contribution in [0.3, 0.4) is 0 Å². The van der Waals surface area contributed by atoms with E-state index in [1.165, 1.54) is 6.26 Å². The number of halogens is 1. The number of nitrogens with zero attached hydrogens (tertiary/aromatic N) is 1. The van der Waals surface area contributed by atoms with Crippen LogP contribution in [0.15, 0.2) is 27.8 Å². The van der Waals surface area contributed by atoms with Gasteiger partial charge in [-0.15, -0.1) is 24.0 Å². The van der Waals surface area contributed by atoms with Crippen molar-refractivity contribution in [3.8, 4) is 0 Å². The van der Waals surface area contributed by atoms with Crippen molar-refractivity contribution < 1.29 is 18.7 Å². The summed E-state index contributed by atoms with van der Waals surface area (Å²) in [5.74, 6) is 0.734. The molecule has 0 aliphatic rings. The lowest BCUT2D eigenvalue weighted by molar-refractivity contribution is 0.0487. The van der Waals surface area contributed by atoms with E-state index in [0.29, 0.717) is 51.2 Å². The average Bonchev–Trinajstić information content (AvgIpc) is 3.16. The van der Waals surface area contributed by atoms with Gasteiger partial charge < -0.3 is 29.8 Å². The molecule has 150 valence electrons. The Hall–Kier alpha value is -1.33. The van der Waals surface area contributed by atoms with E-state index in [9.17, 15) is 4.79 Å². The monoisotopic (exact) mass is 482 g/mol. The van der Waals surface area contributed by atoms with Crippen LogP contribution in [0.4, 0.5) is 0 Å². The quantitative estimate of drug-likeness (QED) is 0.171. The first-order valence-corrected chi connectivity index (χ1v) is 8.69. The lowest BCUT2D eigenvalue weighted by Gasteiger charge is -2.12. The summed E-state index contributed by atoms with van der Waals surface area (Å²) in [6.07, 6.45) is 3.70. The number of hydrogen-bond donors (Lipinski definition) is 3. The second-order valence-electron chi connectivity index (χ2n) is 5.24. The Balaban J connectivity index is 0.00000625. The van der Waals surface area contributed by atoms with Crippen LogP contribution in [-0.4, -0.2) is 65.0 Å². The van der Waals surface area contributed by atoms with Crippen molar-refractivity contribution in [2.24, 2.45) is 4.99 Å². The number of nitrogens with one attached hydrogen (secondary N) is 3. The van der Waals surface area contributed by atoms with Gasteiger partial charge in [-0.2, -0.15) is 0 Å². The third kappa shape index (κ3) is 12.1. The van der Waals surface area contributed by atoms with Crippen molar-refractivity contribution in [2.75, 3.05) is 53.1 Å². The molecule has 0 unspecified atom stereocenters. The third-order valence-electron chi connectivity index (χ3n) is 3.22. The van der Waals surface area contributed by atoms with Crippen LogP contribution in [0.2, 0.25) is 0 Å². The average molecular weight is 482 g/mol. The molecule has 0 atom stereocenters. The number of guanidine groups is 1. The van der Waals surface area contributed by atoms with Crippen LogP contribution in [0.5, 0.6) is 0 Å². The molecule has 0 aliphatic heterocycles. The zero-order valence-corrected chi connectivity index (χ0v) is 17.9. The Kier molecular flexibility index (Phi) is 16.2. The maximum Gasteiger partial charge on any atom is 0.287 e. The Morgan fingerprint density at radius 1 is 1.08 bits per heavy atom. The van der Waals surface area contributed by atoms with E-state index in [-0.39, 0.29) is 29.9 Å². The number of rotatable bonds is 13. The number of furan rings is 1. The van der Waals surface area contributed by atoms with Gasteiger partial charge in [-0.3, -0.25) is 9.79 Å². The zero-order chi connectivity index (χ0) is 18.2. The normalized spacial score (nSPS) is 10.9. The first kappa shape index (κ1) is 24.7. The molecule has 1 aromatic rings. The fourth-order valence-corrected chi connectivity index (χ4v) is 1.88. The molecule has 0 aliphatic carbocycles. The van der Waals surface area contributed by atoms with E-state index in [2.05, 4.69) is 27.9 Å². The van der Waals surface area contributed by atoms with Crippen molar-refractivity contribution in [3.05, 3.63) is 24.2 Å². The number of amides is 1. The summed E-state index contributed by atoms with van der Waals surface area (Å²) in [5.41, 5.74) is 0. The Bertz CT molecular complexity index is 483. The highest BCUT2D eigenvalue weighted by Gasteiger charge is 2.06. The smallest absolute Gasteiger partial charge is 0.287 e. The van der Waals surface area contributed by atoms with Gasteiger partial charge in [0.25, 0.3) is 5.91 Å². The van der Waals surface area contributed by atoms with E-state index in [0.717, 1.165) is 19.4 Å². The SMILES string of the molecule is CCCCOCCOCCNC(=NC)NCCNC(=O)c1ccco1.I. The first-order chi connectivity index (χ1) is 12.3. The maximum absolute atomic E-state index is 11.7. The van der Waals surface area contributed by atoms with E-state index >= 15 is 0 Å². The van der Waals surface area contributed by atoms with Crippen LogP contribution >= 0.6 is 24.0 Å². The molecule has 0 saturated heterocycles. The van der Waals surface area contributed by atoms with Gasteiger partial charge >= 0.3 is 0 Å². The van der Waals surface area contributed by atoms with Gasteiger partial charge in [0.1, 0.15) is 0 Å². The molecule has 0 saturated carbocycles. The molecule has 8 nitrogen and oxygen atoms in total. The molecule has 0 fully saturated rings. The summed E-state index contributed by atoms with van der Waals surface area (Å²) in [7, 11) is 1.69. The molecule has 0 radical (unpaired) electrons. The highest BCUT2D eigenvalue weighted by Crippen LogP contribution is 1.98. The minimum atomic E-state index is -0.232. The predicted molar refractivity (Wildman–Crippen MR) is 112 cm³/mol. The van der Waals surface area contributed by atoms with Gasteiger partial charge in [0.15, 0.2) is 11.7 Å². The van der Waals surface area contributed by atoms with E-state index < -0.39 is 0 Å². The van der Waals surface area contributed by atoms with E-state index in [4.69, 9.17) is 13.9 Å². The number of unbranched alkanes of at least 4 members (excludes halogenated alkanes) is 1. The van der Waals surface area contributed by atoms with E-state index in [1.54, 1.807) is 19.2 Å². The predicted octanol–water partition coefficient (Wildman–Crippen LogP) is 1.63. The lowest BCUT2D eigenvalue weighted by Crippen LogP contribution is -2.42. The van der Waals surface area contributed by atoms with Crippen LogP contribution in [-0.2, 0) is 9.47 Å². The highest BCUT2D eigenvalue weighted by atomic mass is 127. The Morgan fingerprint density at radius 3 is 2.42 bits per heavy atom. The largest absolute Gasteiger partial charge is 0.459 e. The number of ether oxygens (including phenoxy) is 2. The highest BCUT2D eigenvalue weighted by molar-refractivity contribution is 14.0. The van der Waals surface area contributed by atoms with Crippen LogP contribution < -0.4 is 16.0 Å². The van der Waals surface area contributed by atoms with Crippen molar-refractivity contribution in [3.63, 3.8) is 0 Å². The summed E-state index contributed by atoms with van der Waals surface area (Å²) < 4.78 is 15.9. The van der Waals surface area contributed by atoms with Crippen molar-refractivity contribution in [2.45, 2.75) is 19.8 Å².